The van der Waals surface area contributed by atoms with Crippen LogP contribution in [0.1, 0.15) is 0 Å². The van der Waals surface area contributed by atoms with Crippen LogP contribution in [0.25, 0.3) is 0 Å². The second-order valence-corrected chi connectivity index (χ2v) is 3.39. The van der Waals surface area contributed by atoms with Gasteiger partial charge in [-0.1, -0.05) is 12.1 Å². The second-order valence-electron chi connectivity index (χ2n) is 2.37. The van der Waals surface area contributed by atoms with Crippen molar-refractivity contribution in [2.24, 2.45) is 0 Å². The molecule has 1 rings (SSSR count). The molecule has 0 radical (unpaired) electrons. The zero-order valence-electron chi connectivity index (χ0n) is 6.51. The van der Waals surface area contributed by atoms with E-state index in [4.69, 9.17) is 5.11 Å². The van der Waals surface area contributed by atoms with E-state index in [-0.39, 0.29) is 10.6 Å². The quantitative estimate of drug-likeness (QED) is 0.754. The van der Waals surface area contributed by atoms with Crippen LogP contribution < -0.4 is 0 Å². The molecule has 0 atom stereocenters. The number of alkyl halides is 3. The molecule has 0 unspecified atom stereocenters. The molecule has 0 fully saturated rings. The maximum absolute atomic E-state index is 11.8. The van der Waals surface area contributed by atoms with E-state index in [1.54, 1.807) is 12.1 Å². The minimum absolute atomic E-state index is 0.114. The molecular formula is C8H7F3OS. The van der Waals surface area contributed by atoms with Crippen LogP contribution in [0, 0.1) is 0 Å². The summed E-state index contributed by atoms with van der Waals surface area (Å²) < 4.78 is 35.3. The summed E-state index contributed by atoms with van der Waals surface area (Å²) in [6.07, 6.45) is -4.20. The number of hydrogen-bond donors (Lipinski definition) is 1. The molecule has 0 aromatic heterocycles. The summed E-state index contributed by atoms with van der Waals surface area (Å²) in [6, 6.07) is 5.95. The molecule has 0 aliphatic carbocycles. The first-order valence-electron chi connectivity index (χ1n) is 3.46. The van der Waals surface area contributed by atoms with Crippen LogP contribution in [0.2, 0.25) is 0 Å². The van der Waals surface area contributed by atoms with Gasteiger partial charge < -0.3 is 5.11 Å². The van der Waals surface area contributed by atoms with Crippen molar-refractivity contribution in [2.75, 3.05) is 5.75 Å². The number of benzene rings is 1. The van der Waals surface area contributed by atoms with Gasteiger partial charge in [-0.2, -0.15) is 13.2 Å². The van der Waals surface area contributed by atoms with Crippen molar-refractivity contribution in [3.05, 3.63) is 24.3 Å². The maximum Gasteiger partial charge on any atom is 0.398 e. The molecule has 0 aliphatic heterocycles. The summed E-state index contributed by atoms with van der Waals surface area (Å²) >= 11 is 0.579. The van der Waals surface area contributed by atoms with E-state index in [1.165, 1.54) is 12.1 Å². The van der Waals surface area contributed by atoms with Gasteiger partial charge in [-0.05, 0) is 12.1 Å². The summed E-state index contributed by atoms with van der Waals surface area (Å²) in [7, 11) is 0. The Balaban J connectivity index is 2.60. The van der Waals surface area contributed by atoms with Crippen LogP contribution >= 0.6 is 11.8 Å². The van der Waals surface area contributed by atoms with E-state index in [2.05, 4.69) is 0 Å². The summed E-state index contributed by atoms with van der Waals surface area (Å²) in [5, 5.41) is 9.12. The number of aromatic hydroxyl groups is 1. The molecule has 72 valence electrons. The zero-order chi connectivity index (χ0) is 9.90. The lowest BCUT2D eigenvalue weighted by atomic mass is 10.3. The van der Waals surface area contributed by atoms with Crippen LogP contribution in [0.5, 0.6) is 5.75 Å². The number of halogens is 3. The molecular weight excluding hydrogens is 201 g/mol. The molecule has 0 heterocycles. The van der Waals surface area contributed by atoms with Crippen molar-refractivity contribution >= 4 is 11.8 Å². The van der Waals surface area contributed by atoms with Gasteiger partial charge in [0, 0.05) is 4.90 Å². The van der Waals surface area contributed by atoms with Gasteiger partial charge in [-0.15, -0.1) is 11.8 Å². The first kappa shape index (κ1) is 10.2. The van der Waals surface area contributed by atoms with Crippen molar-refractivity contribution < 1.29 is 18.3 Å². The highest BCUT2D eigenvalue weighted by Gasteiger charge is 2.27. The van der Waals surface area contributed by atoms with E-state index >= 15 is 0 Å². The first-order chi connectivity index (χ1) is 5.99. The SMILES string of the molecule is Oc1ccccc1SCC(F)(F)F. The van der Waals surface area contributed by atoms with Crippen molar-refractivity contribution in [1.29, 1.82) is 0 Å². The minimum Gasteiger partial charge on any atom is -0.507 e. The predicted octanol–water partition coefficient (Wildman–Crippen LogP) is 3.05. The molecule has 13 heavy (non-hydrogen) atoms. The third-order valence-corrected chi connectivity index (χ3v) is 2.38. The fraction of sp³-hybridized carbons (Fsp3) is 0.250. The van der Waals surface area contributed by atoms with E-state index in [0.29, 0.717) is 11.8 Å². The average Bonchev–Trinajstić information content (AvgIpc) is 2.01. The monoisotopic (exact) mass is 208 g/mol. The van der Waals surface area contributed by atoms with Gasteiger partial charge in [0.05, 0.1) is 5.75 Å². The number of rotatable bonds is 2. The highest BCUT2D eigenvalue weighted by molar-refractivity contribution is 7.99. The smallest absolute Gasteiger partial charge is 0.398 e. The van der Waals surface area contributed by atoms with E-state index < -0.39 is 11.9 Å². The summed E-state index contributed by atoms with van der Waals surface area (Å²) in [6.45, 7) is 0. The Morgan fingerprint density at radius 3 is 2.38 bits per heavy atom. The lowest BCUT2D eigenvalue weighted by Crippen LogP contribution is -2.10. The number of phenols is 1. The molecule has 0 spiro atoms. The molecule has 0 saturated carbocycles. The fourth-order valence-electron chi connectivity index (χ4n) is 0.739. The van der Waals surface area contributed by atoms with Crippen molar-refractivity contribution in [3.63, 3.8) is 0 Å². The Kier molecular flexibility index (Phi) is 3.08. The Hall–Kier alpha value is -0.840. The van der Waals surface area contributed by atoms with Gasteiger partial charge in [0.15, 0.2) is 0 Å². The number of hydrogen-bond acceptors (Lipinski definition) is 2. The molecule has 0 saturated heterocycles. The standard InChI is InChI=1S/C8H7F3OS/c9-8(10,11)5-13-7-4-2-1-3-6(7)12/h1-4,12H,5H2. The topological polar surface area (TPSA) is 20.2 Å². The lowest BCUT2D eigenvalue weighted by Gasteiger charge is -2.06. The Morgan fingerprint density at radius 2 is 1.85 bits per heavy atom. The largest absolute Gasteiger partial charge is 0.507 e. The van der Waals surface area contributed by atoms with Gasteiger partial charge in [0.1, 0.15) is 5.75 Å². The van der Waals surface area contributed by atoms with E-state index in [0.717, 1.165) is 0 Å². The number of phenolic OH excluding ortho intramolecular Hbond substituents is 1. The van der Waals surface area contributed by atoms with Gasteiger partial charge >= 0.3 is 6.18 Å². The maximum atomic E-state index is 11.8. The van der Waals surface area contributed by atoms with Gasteiger partial charge in [-0.3, -0.25) is 0 Å². The van der Waals surface area contributed by atoms with Crippen LogP contribution in [0.15, 0.2) is 29.2 Å². The lowest BCUT2D eigenvalue weighted by molar-refractivity contribution is -0.105. The van der Waals surface area contributed by atoms with Crippen molar-refractivity contribution in [1.82, 2.24) is 0 Å². The molecule has 1 nitrogen and oxygen atoms in total. The third kappa shape index (κ3) is 3.59. The third-order valence-electron chi connectivity index (χ3n) is 1.26. The second kappa shape index (κ2) is 3.91. The molecule has 0 aliphatic rings. The van der Waals surface area contributed by atoms with Crippen molar-refractivity contribution in [3.8, 4) is 5.75 Å². The summed E-state index contributed by atoms with van der Waals surface area (Å²) in [5.41, 5.74) is 0. The first-order valence-corrected chi connectivity index (χ1v) is 4.45. The van der Waals surface area contributed by atoms with Crippen LogP contribution in [0.4, 0.5) is 13.2 Å². The molecule has 1 aromatic rings. The fourth-order valence-corrected chi connectivity index (χ4v) is 1.45. The molecule has 5 heteroatoms. The van der Waals surface area contributed by atoms with Gasteiger partial charge in [-0.25, -0.2) is 0 Å². The van der Waals surface area contributed by atoms with Crippen molar-refractivity contribution in [2.45, 2.75) is 11.1 Å². The average molecular weight is 208 g/mol. The van der Waals surface area contributed by atoms with Gasteiger partial charge in [0.25, 0.3) is 0 Å². The molecule has 1 N–H and O–H groups in total. The number of para-hydroxylation sites is 1. The predicted molar refractivity (Wildman–Crippen MR) is 44.9 cm³/mol. The molecule has 0 bridgehead atoms. The van der Waals surface area contributed by atoms with E-state index in [1.807, 2.05) is 0 Å². The Morgan fingerprint density at radius 1 is 1.23 bits per heavy atom. The van der Waals surface area contributed by atoms with Crippen LogP contribution in [-0.2, 0) is 0 Å². The molecule has 0 amide bonds. The summed E-state index contributed by atoms with van der Waals surface area (Å²) in [4.78, 5) is 0.250. The van der Waals surface area contributed by atoms with E-state index in [9.17, 15) is 13.2 Å². The normalized spacial score (nSPS) is 11.6. The highest BCUT2D eigenvalue weighted by Crippen LogP contribution is 2.32. The van der Waals surface area contributed by atoms with Crippen LogP contribution in [0.3, 0.4) is 0 Å². The Labute approximate surface area is 77.6 Å². The Bertz CT molecular complexity index is 285. The molecule has 1 aromatic carbocycles. The summed E-state index contributed by atoms with van der Waals surface area (Å²) in [5.74, 6) is -1.10. The zero-order valence-corrected chi connectivity index (χ0v) is 7.32. The number of thioether (sulfide) groups is 1. The minimum atomic E-state index is -4.20. The van der Waals surface area contributed by atoms with Crippen LogP contribution in [-0.4, -0.2) is 17.0 Å². The van der Waals surface area contributed by atoms with Gasteiger partial charge in [0.2, 0.25) is 0 Å². The highest BCUT2D eigenvalue weighted by atomic mass is 32.2.